The molecule has 1 aliphatic heterocycles. The number of rotatable bonds is 13. The van der Waals surface area contributed by atoms with Crippen LogP contribution in [0.1, 0.15) is 50.5 Å². The average Bonchev–Trinajstić information content (AvgIpc) is 3.57. The summed E-state index contributed by atoms with van der Waals surface area (Å²) >= 11 is 0. The van der Waals surface area contributed by atoms with Crippen molar-refractivity contribution in [2.75, 3.05) is 39.6 Å². The van der Waals surface area contributed by atoms with Gasteiger partial charge >= 0.3 is 0 Å². The van der Waals surface area contributed by atoms with E-state index in [1.807, 2.05) is 19.1 Å². The molecular formula is C30H39NO8. The van der Waals surface area contributed by atoms with Gasteiger partial charge in [0.2, 0.25) is 6.29 Å². The van der Waals surface area contributed by atoms with Gasteiger partial charge in [0.05, 0.1) is 38.1 Å². The first-order chi connectivity index (χ1) is 19.1. The van der Waals surface area contributed by atoms with Gasteiger partial charge in [-0.25, -0.2) is 0 Å². The van der Waals surface area contributed by atoms with Crippen molar-refractivity contribution in [3.8, 4) is 0 Å². The monoisotopic (exact) mass is 541 g/mol. The maximum Gasteiger partial charge on any atom is 0.286 e. The molecule has 9 heteroatoms. The third kappa shape index (κ3) is 6.38. The van der Waals surface area contributed by atoms with E-state index in [9.17, 15) is 9.59 Å². The molecule has 2 aromatic rings. The molecule has 39 heavy (non-hydrogen) atoms. The van der Waals surface area contributed by atoms with E-state index >= 15 is 0 Å². The number of carbonyl (C=O) groups is 1. The van der Waals surface area contributed by atoms with Crippen molar-refractivity contribution in [1.82, 2.24) is 5.32 Å². The van der Waals surface area contributed by atoms with Crippen molar-refractivity contribution in [1.29, 1.82) is 0 Å². The number of hydrogen-bond acceptors (Lipinski definition) is 8. The van der Waals surface area contributed by atoms with Crippen LogP contribution in [0.2, 0.25) is 0 Å². The number of ether oxygens (including phenoxy) is 4. The molecule has 0 radical (unpaired) electrons. The summed E-state index contributed by atoms with van der Waals surface area (Å²) in [6.07, 6.45) is 7.66. The first-order valence-corrected chi connectivity index (χ1v) is 14.2. The van der Waals surface area contributed by atoms with Crippen molar-refractivity contribution in [3.63, 3.8) is 0 Å². The molecule has 2 fully saturated rings. The van der Waals surface area contributed by atoms with E-state index < -0.39 is 12.2 Å². The molecule has 2 saturated carbocycles. The highest BCUT2D eigenvalue weighted by atomic mass is 16.7. The molecule has 3 unspecified atom stereocenters. The third-order valence-electron chi connectivity index (χ3n) is 8.26. The van der Waals surface area contributed by atoms with Gasteiger partial charge in [-0.1, -0.05) is 18.6 Å². The average molecular weight is 542 g/mol. The summed E-state index contributed by atoms with van der Waals surface area (Å²) in [5.74, 6) is 0.399. The zero-order chi connectivity index (χ0) is 27.2. The van der Waals surface area contributed by atoms with Crippen molar-refractivity contribution >= 4 is 16.9 Å². The zero-order valence-corrected chi connectivity index (χ0v) is 22.5. The maximum atomic E-state index is 13.6. The largest absolute Gasteiger partial charge is 0.464 e. The molecule has 2 aliphatic carbocycles. The molecule has 2 heterocycles. The highest BCUT2D eigenvalue weighted by molar-refractivity contribution is 5.92. The van der Waals surface area contributed by atoms with Gasteiger partial charge in [0.1, 0.15) is 5.58 Å². The molecular weight excluding hydrogens is 502 g/mol. The van der Waals surface area contributed by atoms with E-state index in [1.54, 1.807) is 18.2 Å². The topological polar surface area (TPSA) is 116 Å². The summed E-state index contributed by atoms with van der Waals surface area (Å²) in [7, 11) is 0. The molecule has 212 valence electrons. The second-order valence-corrected chi connectivity index (χ2v) is 10.7. The molecule has 1 aromatic carbocycles. The Balaban J connectivity index is 1.40. The van der Waals surface area contributed by atoms with Crippen molar-refractivity contribution < 1.29 is 33.3 Å². The van der Waals surface area contributed by atoms with Gasteiger partial charge < -0.3 is 33.8 Å². The number of amides is 1. The van der Waals surface area contributed by atoms with Crippen LogP contribution in [-0.2, 0) is 23.7 Å². The number of fused-ring (bicyclic) bond motifs is 3. The van der Waals surface area contributed by atoms with Crippen LogP contribution in [0, 0.1) is 17.8 Å². The minimum absolute atomic E-state index is 0.0320. The van der Waals surface area contributed by atoms with Crippen LogP contribution in [0.4, 0.5) is 0 Å². The Morgan fingerprint density at radius 2 is 1.92 bits per heavy atom. The van der Waals surface area contributed by atoms with Gasteiger partial charge in [0, 0.05) is 36.7 Å². The third-order valence-corrected chi connectivity index (χ3v) is 8.26. The molecule has 5 rings (SSSR count). The molecule has 6 atom stereocenters. The minimum Gasteiger partial charge on any atom is -0.464 e. The number of hydrogen-bond donors (Lipinski definition) is 2. The van der Waals surface area contributed by atoms with Crippen LogP contribution in [0.5, 0.6) is 0 Å². The van der Waals surface area contributed by atoms with Gasteiger partial charge in [0.25, 0.3) is 5.91 Å². The van der Waals surface area contributed by atoms with Gasteiger partial charge in [-0.15, -0.1) is 0 Å². The lowest BCUT2D eigenvalue weighted by Gasteiger charge is -2.37. The Morgan fingerprint density at radius 1 is 1.10 bits per heavy atom. The molecule has 1 aromatic heterocycles. The summed E-state index contributed by atoms with van der Waals surface area (Å²) in [6.45, 7) is 3.64. The molecule has 2 N–H and O–H groups in total. The van der Waals surface area contributed by atoms with Crippen LogP contribution in [0.25, 0.3) is 11.0 Å². The van der Waals surface area contributed by atoms with Gasteiger partial charge in [-0.3, -0.25) is 9.59 Å². The summed E-state index contributed by atoms with van der Waals surface area (Å²) < 4.78 is 29.1. The Kier molecular flexibility index (Phi) is 9.34. The predicted molar refractivity (Wildman–Crippen MR) is 144 cm³/mol. The normalized spacial score (nSPS) is 27.9. The van der Waals surface area contributed by atoms with Gasteiger partial charge in [0.15, 0.2) is 11.2 Å². The Hall–Kier alpha value is -2.72. The van der Waals surface area contributed by atoms with E-state index in [4.69, 9.17) is 28.5 Å². The van der Waals surface area contributed by atoms with Gasteiger partial charge in [-0.2, -0.15) is 0 Å². The fourth-order valence-electron chi connectivity index (χ4n) is 6.38. The predicted octanol–water partition coefficient (Wildman–Crippen LogP) is 3.49. The highest BCUT2D eigenvalue weighted by Gasteiger charge is 2.43. The number of nitrogens with one attached hydrogen (secondary N) is 1. The van der Waals surface area contributed by atoms with Crippen LogP contribution in [0.3, 0.4) is 0 Å². The Morgan fingerprint density at radius 3 is 2.67 bits per heavy atom. The second kappa shape index (κ2) is 13.1. The number of aliphatic hydroxyl groups excluding tert-OH is 1. The molecule has 9 nitrogen and oxygen atoms in total. The quantitative estimate of drug-likeness (QED) is 0.370. The SMILES string of the molecule is CCO[C@H]1OC(C(=O)NC2CC3CCC2C3)=C[C@@H](c2coc3ccccc3c2=O)[C@@H]1CCOCCOCCO. The van der Waals surface area contributed by atoms with Crippen molar-refractivity contribution in [2.45, 2.75) is 57.3 Å². The maximum absolute atomic E-state index is 13.6. The summed E-state index contributed by atoms with van der Waals surface area (Å²) in [4.78, 5) is 27.0. The molecule has 1 amide bonds. The van der Waals surface area contributed by atoms with Crippen molar-refractivity contribution in [2.24, 2.45) is 17.8 Å². The minimum atomic E-state index is -0.731. The van der Waals surface area contributed by atoms with Crippen LogP contribution in [-0.4, -0.2) is 63.0 Å². The Labute approximate surface area is 228 Å². The van der Waals surface area contributed by atoms with Crippen LogP contribution < -0.4 is 10.7 Å². The number of carbonyl (C=O) groups excluding carboxylic acids is 1. The van der Waals surface area contributed by atoms with Crippen LogP contribution >= 0.6 is 0 Å². The standard InChI is InChI=1S/C30H39NO8/c1-2-37-30-21(9-11-35-13-14-36-12-10-32)23(24-18-38-26-6-4-3-5-22(26)28(24)33)17-27(39-30)29(34)31-25-16-19-7-8-20(25)15-19/h3-6,17-21,23,25,30,32H,2,7-16H2,1H3,(H,31,34)/t19?,20?,21-,23+,25?,30-/m0/s1. The van der Waals surface area contributed by atoms with Crippen molar-refractivity contribution in [3.05, 3.63) is 58.2 Å². The fourth-order valence-corrected chi connectivity index (χ4v) is 6.38. The van der Waals surface area contributed by atoms with E-state index in [1.165, 1.54) is 19.1 Å². The highest BCUT2D eigenvalue weighted by Crippen LogP contribution is 2.45. The van der Waals surface area contributed by atoms with E-state index in [-0.39, 0.29) is 42.3 Å². The van der Waals surface area contributed by atoms with E-state index in [0.29, 0.717) is 61.2 Å². The summed E-state index contributed by atoms with van der Waals surface area (Å²) in [5, 5.41) is 12.5. The lowest BCUT2D eigenvalue weighted by atomic mass is 9.81. The number of benzene rings is 1. The zero-order valence-electron chi connectivity index (χ0n) is 22.5. The van der Waals surface area contributed by atoms with E-state index in [0.717, 1.165) is 12.8 Å². The summed E-state index contributed by atoms with van der Waals surface area (Å²) in [5.41, 5.74) is 0.843. The van der Waals surface area contributed by atoms with Gasteiger partial charge in [-0.05, 0) is 62.7 Å². The fraction of sp³-hybridized carbons (Fsp3) is 0.600. The number of aliphatic hydroxyl groups is 1. The molecule has 0 saturated heterocycles. The summed E-state index contributed by atoms with van der Waals surface area (Å²) in [6, 6.07) is 7.31. The lowest BCUT2D eigenvalue weighted by molar-refractivity contribution is -0.168. The molecule has 3 aliphatic rings. The number of para-hydroxylation sites is 1. The van der Waals surface area contributed by atoms with E-state index in [2.05, 4.69) is 5.32 Å². The first-order valence-electron chi connectivity index (χ1n) is 14.2. The van der Waals surface area contributed by atoms with Crippen LogP contribution in [0.15, 0.2) is 51.6 Å². The lowest BCUT2D eigenvalue weighted by Crippen LogP contribution is -2.44. The smallest absolute Gasteiger partial charge is 0.286 e. The second-order valence-electron chi connectivity index (χ2n) is 10.7. The Bertz CT molecular complexity index is 1210. The first kappa shape index (κ1) is 27.8. The number of allylic oxidation sites excluding steroid dienone is 1. The molecule has 0 spiro atoms. The molecule has 2 bridgehead atoms.